The molecular weight excluding hydrogens is 274 g/mol. The van der Waals surface area contributed by atoms with Gasteiger partial charge in [0.1, 0.15) is 5.75 Å². The maximum Gasteiger partial charge on any atom is 0.227 e. The molecule has 1 amide bonds. The third-order valence-corrected chi connectivity index (χ3v) is 4.30. The number of rotatable bonds is 6. The third-order valence-electron chi connectivity index (χ3n) is 4.30. The van der Waals surface area contributed by atoms with Crippen molar-refractivity contribution >= 4 is 16.7 Å². The number of hydrogen-bond acceptors (Lipinski definition) is 2. The molecule has 2 rings (SSSR count). The van der Waals surface area contributed by atoms with Gasteiger partial charge >= 0.3 is 0 Å². The molecule has 118 valence electrons. The number of carbonyl (C=O) groups excluding carboxylic acids is 1. The van der Waals surface area contributed by atoms with Gasteiger partial charge in [0, 0.05) is 6.04 Å². The summed E-state index contributed by atoms with van der Waals surface area (Å²) in [5.74, 6) is 0.799. The summed E-state index contributed by atoms with van der Waals surface area (Å²) >= 11 is 0. The Morgan fingerprint density at radius 3 is 2.36 bits per heavy atom. The molecule has 0 saturated carbocycles. The maximum absolute atomic E-state index is 12.4. The molecule has 3 nitrogen and oxygen atoms in total. The fourth-order valence-corrected chi connectivity index (χ4v) is 2.61. The normalized spacial score (nSPS) is 12.4. The highest BCUT2D eigenvalue weighted by atomic mass is 16.5. The Morgan fingerprint density at radius 2 is 1.73 bits per heavy atom. The second-order valence-corrected chi connectivity index (χ2v) is 5.72. The first-order chi connectivity index (χ1) is 10.6. The smallest absolute Gasteiger partial charge is 0.227 e. The third kappa shape index (κ3) is 3.59. The molecule has 0 aliphatic heterocycles. The number of carbonyl (C=O) groups is 1. The zero-order valence-electron chi connectivity index (χ0n) is 13.8. The first-order valence-electron chi connectivity index (χ1n) is 7.97. The van der Waals surface area contributed by atoms with E-state index in [2.05, 4.69) is 25.2 Å². The van der Waals surface area contributed by atoms with Crippen molar-refractivity contribution in [3.8, 4) is 5.75 Å². The minimum atomic E-state index is -0.146. The SMILES string of the molecule is CCC(CC)NC(=O)C(C)c1ccc2cc(OC)ccc2c1. The number of fused-ring (bicyclic) bond motifs is 1. The van der Waals surface area contributed by atoms with Gasteiger partial charge in [-0.05, 0) is 48.2 Å². The molecule has 0 radical (unpaired) electrons. The Morgan fingerprint density at radius 1 is 1.09 bits per heavy atom. The van der Waals surface area contributed by atoms with Crippen LogP contribution in [0.4, 0.5) is 0 Å². The topological polar surface area (TPSA) is 38.3 Å². The molecule has 22 heavy (non-hydrogen) atoms. The molecule has 1 N–H and O–H groups in total. The van der Waals surface area contributed by atoms with Crippen molar-refractivity contribution < 1.29 is 9.53 Å². The molecule has 2 aromatic carbocycles. The fraction of sp³-hybridized carbons (Fsp3) is 0.421. The Hall–Kier alpha value is -2.03. The molecule has 0 saturated heterocycles. The molecule has 1 unspecified atom stereocenters. The monoisotopic (exact) mass is 299 g/mol. The van der Waals surface area contributed by atoms with Crippen LogP contribution < -0.4 is 10.1 Å². The molecule has 2 aromatic rings. The van der Waals surface area contributed by atoms with E-state index >= 15 is 0 Å². The standard InChI is InChI=1S/C19H25NO2/c1-5-17(6-2)20-19(21)13(3)14-7-8-16-12-18(22-4)10-9-15(16)11-14/h7-13,17H,5-6H2,1-4H3,(H,20,21). The summed E-state index contributed by atoms with van der Waals surface area (Å²) in [7, 11) is 1.67. The number of nitrogens with one attached hydrogen (secondary N) is 1. The molecule has 0 aliphatic rings. The first-order valence-corrected chi connectivity index (χ1v) is 7.97. The highest BCUT2D eigenvalue weighted by Gasteiger charge is 2.17. The van der Waals surface area contributed by atoms with Crippen LogP contribution in [0.5, 0.6) is 5.75 Å². The lowest BCUT2D eigenvalue weighted by Crippen LogP contribution is -2.36. The molecule has 0 aromatic heterocycles. The summed E-state index contributed by atoms with van der Waals surface area (Å²) in [6, 6.07) is 12.4. The summed E-state index contributed by atoms with van der Waals surface area (Å²) < 4.78 is 5.24. The predicted molar refractivity (Wildman–Crippen MR) is 91.4 cm³/mol. The van der Waals surface area contributed by atoms with Crippen LogP contribution in [0.1, 0.15) is 45.1 Å². The van der Waals surface area contributed by atoms with Crippen LogP contribution in [0, 0.1) is 0 Å². The summed E-state index contributed by atoms with van der Waals surface area (Å²) in [6.07, 6.45) is 1.93. The van der Waals surface area contributed by atoms with Crippen LogP contribution in [0.2, 0.25) is 0 Å². The van der Waals surface area contributed by atoms with Gasteiger partial charge in [-0.3, -0.25) is 4.79 Å². The zero-order chi connectivity index (χ0) is 16.1. The molecular formula is C19H25NO2. The van der Waals surface area contributed by atoms with E-state index in [1.165, 1.54) is 0 Å². The quantitative estimate of drug-likeness (QED) is 0.865. The molecule has 0 aliphatic carbocycles. The van der Waals surface area contributed by atoms with E-state index in [0.717, 1.165) is 34.9 Å². The maximum atomic E-state index is 12.4. The molecule has 0 heterocycles. The summed E-state index contributed by atoms with van der Waals surface area (Å²) in [4.78, 5) is 12.4. The van der Waals surface area contributed by atoms with Crippen LogP contribution in [0.3, 0.4) is 0 Å². The minimum Gasteiger partial charge on any atom is -0.497 e. The van der Waals surface area contributed by atoms with Gasteiger partial charge in [-0.2, -0.15) is 0 Å². The van der Waals surface area contributed by atoms with Crippen molar-refractivity contribution in [3.05, 3.63) is 42.0 Å². The van der Waals surface area contributed by atoms with Gasteiger partial charge in [0.15, 0.2) is 0 Å². The van der Waals surface area contributed by atoms with Crippen LogP contribution >= 0.6 is 0 Å². The van der Waals surface area contributed by atoms with Crippen molar-refractivity contribution in [2.24, 2.45) is 0 Å². The highest BCUT2D eigenvalue weighted by molar-refractivity contribution is 5.88. The van der Waals surface area contributed by atoms with Crippen LogP contribution in [0.15, 0.2) is 36.4 Å². The predicted octanol–water partition coefficient (Wildman–Crippen LogP) is 4.26. The van der Waals surface area contributed by atoms with Gasteiger partial charge in [-0.25, -0.2) is 0 Å². The first kappa shape index (κ1) is 16.3. The second kappa shape index (κ2) is 7.30. The van der Waals surface area contributed by atoms with Crippen molar-refractivity contribution in [2.45, 2.75) is 45.6 Å². The average molecular weight is 299 g/mol. The Bertz CT molecular complexity index is 647. The van der Waals surface area contributed by atoms with Gasteiger partial charge in [-0.15, -0.1) is 0 Å². The van der Waals surface area contributed by atoms with E-state index in [4.69, 9.17) is 4.74 Å². The van der Waals surface area contributed by atoms with Crippen molar-refractivity contribution in [3.63, 3.8) is 0 Å². The Balaban J connectivity index is 2.21. The van der Waals surface area contributed by atoms with Gasteiger partial charge < -0.3 is 10.1 Å². The van der Waals surface area contributed by atoms with E-state index < -0.39 is 0 Å². The van der Waals surface area contributed by atoms with Crippen molar-refractivity contribution in [1.29, 1.82) is 0 Å². The number of amides is 1. The molecule has 3 heteroatoms. The van der Waals surface area contributed by atoms with Gasteiger partial charge in [0.05, 0.1) is 13.0 Å². The Kier molecular flexibility index (Phi) is 5.42. The van der Waals surface area contributed by atoms with E-state index in [0.29, 0.717) is 0 Å². The van der Waals surface area contributed by atoms with Crippen molar-refractivity contribution in [1.82, 2.24) is 5.32 Å². The number of methoxy groups -OCH3 is 1. The molecule has 0 spiro atoms. The average Bonchev–Trinajstić information content (AvgIpc) is 2.57. The zero-order valence-corrected chi connectivity index (χ0v) is 13.8. The molecule has 1 atom stereocenters. The molecule has 0 bridgehead atoms. The number of ether oxygens (including phenoxy) is 1. The number of benzene rings is 2. The van der Waals surface area contributed by atoms with Gasteiger partial charge in [-0.1, -0.05) is 38.1 Å². The van der Waals surface area contributed by atoms with Gasteiger partial charge in [0.25, 0.3) is 0 Å². The van der Waals surface area contributed by atoms with Crippen molar-refractivity contribution in [2.75, 3.05) is 7.11 Å². The lowest BCUT2D eigenvalue weighted by Gasteiger charge is -2.19. The molecule has 0 fully saturated rings. The second-order valence-electron chi connectivity index (χ2n) is 5.72. The van der Waals surface area contributed by atoms with Crippen LogP contribution in [-0.2, 0) is 4.79 Å². The van der Waals surface area contributed by atoms with Crippen LogP contribution in [0.25, 0.3) is 10.8 Å². The van der Waals surface area contributed by atoms with E-state index in [1.807, 2.05) is 37.3 Å². The van der Waals surface area contributed by atoms with E-state index in [-0.39, 0.29) is 17.9 Å². The number of hydrogen-bond donors (Lipinski definition) is 1. The summed E-state index contributed by atoms with van der Waals surface area (Å²) in [5, 5.41) is 5.37. The lowest BCUT2D eigenvalue weighted by atomic mass is 9.96. The summed E-state index contributed by atoms with van der Waals surface area (Å²) in [5.41, 5.74) is 1.04. The van der Waals surface area contributed by atoms with E-state index in [1.54, 1.807) is 7.11 Å². The minimum absolute atomic E-state index is 0.0987. The largest absolute Gasteiger partial charge is 0.497 e. The Labute approximate surface area is 132 Å². The summed E-state index contributed by atoms with van der Waals surface area (Å²) in [6.45, 7) is 6.16. The lowest BCUT2D eigenvalue weighted by molar-refractivity contribution is -0.122. The van der Waals surface area contributed by atoms with Gasteiger partial charge in [0.2, 0.25) is 5.91 Å². The van der Waals surface area contributed by atoms with Crippen LogP contribution in [-0.4, -0.2) is 19.1 Å². The fourth-order valence-electron chi connectivity index (χ4n) is 2.61. The van der Waals surface area contributed by atoms with E-state index in [9.17, 15) is 4.79 Å². The highest BCUT2D eigenvalue weighted by Crippen LogP contribution is 2.25.